The third-order valence-electron chi connectivity index (χ3n) is 2.84. The number of pyridine rings is 1. The average molecular weight is 314 g/mol. The van der Waals surface area contributed by atoms with E-state index in [4.69, 9.17) is 4.74 Å². The SMILES string of the molecule is Brc1ccc2nc(COc3ccccc3)ccc2c1. The zero-order chi connectivity index (χ0) is 13.1. The number of hydrogen-bond acceptors (Lipinski definition) is 2. The molecule has 0 spiro atoms. The van der Waals surface area contributed by atoms with Crippen molar-refractivity contribution >= 4 is 26.8 Å². The fourth-order valence-corrected chi connectivity index (χ4v) is 2.27. The van der Waals surface area contributed by atoms with Crippen LogP contribution in [-0.4, -0.2) is 4.98 Å². The molecule has 2 nitrogen and oxygen atoms in total. The Morgan fingerprint density at radius 3 is 2.63 bits per heavy atom. The van der Waals surface area contributed by atoms with Crippen molar-refractivity contribution in [1.82, 2.24) is 4.98 Å². The van der Waals surface area contributed by atoms with E-state index < -0.39 is 0 Å². The van der Waals surface area contributed by atoms with Crippen molar-refractivity contribution in [1.29, 1.82) is 0 Å². The molecule has 1 heterocycles. The van der Waals surface area contributed by atoms with Crippen LogP contribution >= 0.6 is 15.9 Å². The van der Waals surface area contributed by atoms with Crippen molar-refractivity contribution in [2.45, 2.75) is 6.61 Å². The predicted octanol–water partition coefficient (Wildman–Crippen LogP) is 4.58. The van der Waals surface area contributed by atoms with E-state index in [-0.39, 0.29) is 0 Å². The highest BCUT2D eigenvalue weighted by Gasteiger charge is 2.00. The Bertz CT molecular complexity index is 697. The summed E-state index contributed by atoms with van der Waals surface area (Å²) in [5.41, 5.74) is 1.91. The lowest BCUT2D eigenvalue weighted by Crippen LogP contribution is -1.98. The van der Waals surface area contributed by atoms with Gasteiger partial charge < -0.3 is 4.74 Å². The third kappa shape index (κ3) is 2.93. The topological polar surface area (TPSA) is 22.1 Å². The molecule has 0 aliphatic heterocycles. The van der Waals surface area contributed by atoms with Gasteiger partial charge in [-0.25, -0.2) is 4.98 Å². The molecule has 0 aliphatic rings. The maximum Gasteiger partial charge on any atom is 0.130 e. The summed E-state index contributed by atoms with van der Waals surface area (Å²) < 4.78 is 6.76. The van der Waals surface area contributed by atoms with Gasteiger partial charge in [0.25, 0.3) is 0 Å². The van der Waals surface area contributed by atoms with Crippen LogP contribution in [0.2, 0.25) is 0 Å². The number of rotatable bonds is 3. The second-order valence-corrected chi connectivity index (χ2v) is 5.16. The van der Waals surface area contributed by atoms with Crippen LogP contribution in [0.5, 0.6) is 5.75 Å². The molecule has 0 amide bonds. The maximum absolute atomic E-state index is 5.69. The fraction of sp³-hybridized carbons (Fsp3) is 0.0625. The summed E-state index contributed by atoms with van der Waals surface area (Å²) in [6, 6.07) is 19.9. The molecule has 19 heavy (non-hydrogen) atoms. The number of aromatic nitrogens is 1. The van der Waals surface area contributed by atoms with E-state index in [2.05, 4.69) is 33.0 Å². The molecule has 0 saturated carbocycles. The van der Waals surface area contributed by atoms with Gasteiger partial charge in [0.1, 0.15) is 12.4 Å². The molecule has 0 saturated heterocycles. The molecular formula is C16H12BrNO. The summed E-state index contributed by atoms with van der Waals surface area (Å²) in [5.74, 6) is 0.861. The Kier molecular flexibility index (Phi) is 3.47. The number of halogens is 1. The summed E-state index contributed by atoms with van der Waals surface area (Å²) in [4.78, 5) is 4.59. The van der Waals surface area contributed by atoms with Crippen molar-refractivity contribution in [2.75, 3.05) is 0 Å². The van der Waals surface area contributed by atoms with E-state index in [9.17, 15) is 0 Å². The largest absolute Gasteiger partial charge is 0.487 e. The fourth-order valence-electron chi connectivity index (χ4n) is 1.89. The Labute approximate surface area is 120 Å². The first-order valence-electron chi connectivity index (χ1n) is 6.04. The van der Waals surface area contributed by atoms with E-state index in [0.29, 0.717) is 6.61 Å². The second kappa shape index (κ2) is 5.41. The van der Waals surface area contributed by atoms with Gasteiger partial charge in [-0.15, -0.1) is 0 Å². The molecule has 2 aromatic carbocycles. The van der Waals surface area contributed by atoms with Crippen molar-refractivity contribution in [3.8, 4) is 5.75 Å². The first kappa shape index (κ1) is 12.2. The lowest BCUT2D eigenvalue weighted by Gasteiger charge is -2.06. The monoisotopic (exact) mass is 313 g/mol. The molecule has 0 radical (unpaired) electrons. The molecule has 1 aromatic heterocycles. The van der Waals surface area contributed by atoms with Crippen LogP contribution in [0, 0.1) is 0 Å². The smallest absolute Gasteiger partial charge is 0.130 e. The van der Waals surface area contributed by atoms with Crippen molar-refractivity contribution in [2.24, 2.45) is 0 Å². The van der Waals surface area contributed by atoms with Gasteiger partial charge in [0, 0.05) is 9.86 Å². The number of hydrogen-bond donors (Lipinski definition) is 0. The summed E-state index contributed by atoms with van der Waals surface area (Å²) in [6.07, 6.45) is 0. The first-order chi connectivity index (χ1) is 9.31. The van der Waals surface area contributed by atoms with Crippen LogP contribution in [0.3, 0.4) is 0 Å². The summed E-state index contributed by atoms with van der Waals surface area (Å²) in [7, 11) is 0. The van der Waals surface area contributed by atoms with Gasteiger partial charge in [-0.1, -0.05) is 40.2 Å². The van der Waals surface area contributed by atoms with Gasteiger partial charge in [-0.3, -0.25) is 0 Å². The zero-order valence-corrected chi connectivity index (χ0v) is 11.8. The minimum Gasteiger partial charge on any atom is -0.487 e. The summed E-state index contributed by atoms with van der Waals surface area (Å²) >= 11 is 3.46. The van der Waals surface area contributed by atoms with Crippen molar-refractivity contribution in [3.05, 3.63) is 70.8 Å². The molecule has 0 N–H and O–H groups in total. The lowest BCUT2D eigenvalue weighted by atomic mass is 10.2. The Hall–Kier alpha value is -1.87. The number of benzene rings is 2. The highest BCUT2D eigenvalue weighted by atomic mass is 79.9. The van der Waals surface area contributed by atoms with Crippen molar-refractivity contribution in [3.63, 3.8) is 0 Å². The van der Waals surface area contributed by atoms with Crippen LogP contribution in [0.1, 0.15) is 5.69 Å². The molecule has 0 aliphatic carbocycles. The Morgan fingerprint density at radius 1 is 0.947 bits per heavy atom. The van der Waals surface area contributed by atoms with Crippen LogP contribution < -0.4 is 4.74 Å². The molecule has 3 rings (SSSR count). The van der Waals surface area contributed by atoms with E-state index in [0.717, 1.165) is 26.8 Å². The first-order valence-corrected chi connectivity index (χ1v) is 6.83. The Balaban J connectivity index is 1.80. The normalized spacial score (nSPS) is 10.6. The third-order valence-corrected chi connectivity index (χ3v) is 3.33. The molecule has 0 unspecified atom stereocenters. The molecule has 94 valence electrons. The van der Waals surface area contributed by atoms with Gasteiger partial charge in [0.15, 0.2) is 0 Å². The van der Waals surface area contributed by atoms with Gasteiger partial charge in [-0.2, -0.15) is 0 Å². The minimum absolute atomic E-state index is 0.482. The van der Waals surface area contributed by atoms with E-state index in [1.165, 1.54) is 0 Å². The van der Waals surface area contributed by atoms with Gasteiger partial charge >= 0.3 is 0 Å². The van der Waals surface area contributed by atoms with Crippen molar-refractivity contribution < 1.29 is 4.74 Å². The minimum atomic E-state index is 0.482. The summed E-state index contributed by atoms with van der Waals surface area (Å²) in [5, 5.41) is 1.12. The van der Waals surface area contributed by atoms with Crippen LogP contribution in [0.25, 0.3) is 10.9 Å². The van der Waals surface area contributed by atoms with E-state index in [1.807, 2.05) is 48.5 Å². The van der Waals surface area contributed by atoms with Gasteiger partial charge in [0.2, 0.25) is 0 Å². The molecule has 3 aromatic rings. The lowest BCUT2D eigenvalue weighted by molar-refractivity contribution is 0.302. The number of para-hydroxylation sites is 1. The number of ether oxygens (including phenoxy) is 1. The molecule has 0 atom stereocenters. The number of fused-ring (bicyclic) bond motifs is 1. The van der Waals surface area contributed by atoms with Crippen LogP contribution in [0.4, 0.5) is 0 Å². The summed E-state index contributed by atoms with van der Waals surface area (Å²) in [6.45, 7) is 0.482. The van der Waals surface area contributed by atoms with Gasteiger partial charge in [0.05, 0.1) is 11.2 Å². The predicted molar refractivity (Wildman–Crippen MR) is 80.2 cm³/mol. The number of nitrogens with zero attached hydrogens (tertiary/aromatic N) is 1. The van der Waals surface area contributed by atoms with E-state index in [1.54, 1.807) is 0 Å². The van der Waals surface area contributed by atoms with Gasteiger partial charge in [-0.05, 0) is 36.4 Å². The van der Waals surface area contributed by atoms with E-state index >= 15 is 0 Å². The molecule has 0 fully saturated rings. The maximum atomic E-state index is 5.69. The highest BCUT2D eigenvalue weighted by molar-refractivity contribution is 9.10. The highest BCUT2D eigenvalue weighted by Crippen LogP contribution is 2.19. The second-order valence-electron chi connectivity index (χ2n) is 4.24. The molecule has 3 heteroatoms. The standard InChI is InChI=1S/C16H12BrNO/c17-13-7-9-16-12(10-13)6-8-14(18-16)11-19-15-4-2-1-3-5-15/h1-10H,11H2. The zero-order valence-electron chi connectivity index (χ0n) is 10.2. The quantitative estimate of drug-likeness (QED) is 0.706. The van der Waals surface area contributed by atoms with Crippen LogP contribution in [0.15, 0.2) is 65.1 Å². The van der Waals surface area contributed by atoms with Crippen LogP contribution in [-0.2, 0) is 6.61 Å². The average Bonchev–Trinajstić information content (AvgIpc) is 2.46. The molecule has 0 bridgehead atoms. The molecular weight excluding hydrogens is 302 g/mol. The Morgan fingerprint density at radius 2 is 1.79 bits per heavy atom.